The molecule has 0 aromatic heterocycles. The molecule has 1 aliphatic rings. The monoisotopic (exact) mass is 352 g/mol. The van der Waals surface area contributed by atoms with Gasteiger partial charge in [-0.1, -0.05) is 51.5 Å². The maximum absolute atomic E-state index is 11.9. The average Bonchev–Trinajstić information content (AvgIpc) is 3.36. The number of methoxy groups -OCH3 is 1. The van der Waals surface area contributed by atoms with Crippen molar-refractivity contribution in [3.8, 4) is 0 Å². The number of carbonyl (C=O) groups is 2. The van der Waals surface area contributed by atoms with Crippen LogP contribution >= 0.6 is 0 Å². The van der Waals surface area contributed by atoms with Crippen LogP contribution in [0.4, 0.5) is 0 Å². The zero-order chi connectivity index (χ0) is 18.7. The van der Waals surface area contributed by atoms with E-state index in [1.807, 2.05) is 19.9 Å². The molecule has 1 saturated heterocycles. The van der Waals surface area contributed by atoms with E-state index in [-0.39, 0.29) is 24.0 Å². The minimum atomic E-state index is -0.394. The fourth-order valence-corrected chi connectivity index (χ4v) is 3.06. The van der Waals surface area contributed by atoms with Gasteiger partial charge in [-0.15, -0.1) is 0 Å². The maximum atomic E-state index is 11.9. The Morgan fingerprint density at radius 1 is 1.08 bits per heavy atom. The molecule has 144 valence electrons. The lowest BCUT2D eigenvalue weighted by Gasteiger charge is -2.20. The number of ether oxygens (including phenoxy) is 2. The van der Waals surface area contributed by atoms with Gasteiger partial charge in [0.1, 0.15) is 6.10 Å². The number of rotatable bonds is 14. The average molecular weight is 353 g/mol. The van der Waals surface area contributed by atoms with E-state index in [0.717, 1.165) is 51.4 Å². The third-order valence-electron chi connectivity index (χ3n) is 4.90. The maximum Gasteiger partial charge on any atom is 0.311 e. The summed E-state index contributed by atoms with van der Waals surface area (Å²) in [5.41, 5.74) is -0.394. The Morgan fingerprint density at radius 2 is 1.80 bits per heavy atom. The summed E-state index contributed by atoms with van der Waals surface area (Å²) in [6, 6.07) is 0. The van der Waals surface area contributed by atoms with E-state index in [1.54, 1.807) is 6.08 Å². The Morgan fingerprint density at radius 3 is 2.48 bits per heavy atom. The number of ketones is 1. The third-order valence-corrected chi connectivity index (χ3v) is 4.90. The second-order valence-electron chi connectivity index (χ2n) is 7.72. The molecule has 4 heteroatoms. The van der Waals surface area contributed by atoms with Crippen LogP contribution in [0, 0.1) is 5.41 Å². The molecule has 1 aliphatic heterocycles. The van der Waals surface area contributed by atoms with Crippen LogP contribution in [0.25, 0.3) is 0 Å². The van der Waals surface area contributed by atoms with Crippen molar-refractivity contribution in [3.63, 3.8) is 0 Å². The van der Waals surface area contributed by atoms with E-state index in [0.29, 0.717) is 0 Å². The van der Waals surface area contributed by atoms with Gasteiger partial charge in [0.05, 0.1) is 18.6 Å². The van der Waals surface area contributed by atoms with E-state index in [1.165, 1.54) is 20.0 Å². The fourth-order valence-electron chi connectivity index (χ4n) is 3.06. The number of hydrogen-bond acceptors (Lipinski definition) is 4. The van der Waals surface area contributed by atoms with Crippen LogP contribution in [0.15, 0.2) is 12.2 Å². The predicted molar refractivity (Wildman–Crippen MR) is 100 cm³/mol. The number of carbonyl (C=O) groups excluding carboxylic acids is 2. The van der Waals surface area contributed by atoms with E-state index in [2.05, 4.69) is 6.92 Å². The van der Waals surface area contributed by atoms with Gasteiger partial charge in [0.15, 0.2) is 5.78 Å². The highest BCUT2D eigenvalue weighted by Crippen LogP contribution is 2.29. The zero-order valence-corrected chi connectivity index (χ0v) is 16.5. The predicted octanol–water partition coefficient (Wildman–Crippen LogP) is 5.00. The second kappa shape index (κ2) is 11.5. The summed E-state index contributed by atoms with van der Waals surface area (Å²) in [5.74, 6) is -0.00990. The minimum absolute atomic E-state index is 0.124. The molecule has 0 N–H and O–H groups in total. The molecule has 2 atom stereocenters. The standard InChI is InChI=1S/C21H36O4/c1-5-6-7-8-11-14-17(22)19-18(25-19)15-12-9-10-13-16-21(2,3)20(23)24-4/h11,14,18-19H,5-10,12-13,15-16H2,1-4H3/b14-11-. The Labute approximate surface area is 153 Å². The highest BCUT2D eigenvalue weighted by molar-refractivity contribution is 5.95. The fraction of sp³-hybridized carbons (Fsp3) is 0.810. The van der Waals surface area contributed by atoms with Gasteiger partial charge in [-0.25, -0.2) is 0 Å². The summed E-state index contributed by atoms with van der Waals surface area (Å²) < 4.78 is 10.3. The van der Waals surface area contributed by atoms with Crippen LogP contribution in [0.3, 0.4) is 0 Å². The molecule has 0 aliphatic carbocycles. The molecule has 4 nitrogen and oxygen atoms in total. The highest BCUT2D eigenvalue weighted by atomic mass is 16.6. The van der Waals surface area contributed by atoms with Crippen molar-refractivity contribution < 1.29 is 19.1 Å². The van der Waals surface area contributed by atoms with Crippen LogP contribution in [0.5, 0.6) is 0 Å². The van der Waals surface area contributed by atoms with Crippen molar-refractivity contribution in [1.29, 1.82) is 0 Å². The van der Waals surface area contributed by atoms with Gasteiger partial charge in [-0.3, -0.25) is 9.59 Å². The van der Waals surface area contributed by atoms with Gasteiger partial charge in [0, 0.05) is 0 Å². The van der Waals surface area contributed by atoms with Crippen LogP contribution in [-0.2, 0) is 19.1 Å². The van der Waals surface area contributed by atoms with E-state index in [9.17, 15) is 9.59 Å². The van der Waals surface area contributed by atoms with Gasteiger partial charge in [-0.05, 0) is 45.6 Å². The molecule has 0 radical (unpaired) electrons. The van der Waals surface area contributed by atoms with Crippen LogP contribution < -0.4 is 0 Å². The Bertz CT molecular complexity index is 439. The topological polar surface area (TPSA) is 55.9 Å². The molecule has 1 heterocycles. The molecule has 25 heavy (non-hydrogen) atoms. The van der Waals surface area contributed by atoms with Crippen molar-refractivity contribution in [2.75, 3.05) is 7.11 Å². The summed E-state index contributed by atoms with van der Waals surface area (Å²) in [6.45, 7) is 6.04. The molecule has 0 spiro atoms. The molecule has 2 unspecified atom stereocenters. The van der Waals surface area contributed by atoms with Crippen LogP contribution in [-0.4, -0.2) is 31.1 Å². The number of hydrogen-bond donors (Lipinski definition) is 0. The first-order valence-electron chi connectivity index (χ1n) is 9.86. The highest BCUT2D eigenvalue weighted by Gasteiger charge is 2.42. The summed E-state index contributed by atoms with van der Waals surface area (Å²) in [5, 5.41) is 0. The number of esters is 1. The largest absolute Gasteiger partial charge is 0.469 e. The first-order chi connectivity index (χ1) is 11.9. The Balaban J connectivity index is 2.04. The molecular weight excluding hydrogens is 316 g/mol. The number of unbranched alkanes of at least 4 members (excludes halogenated alkanes) is 6. The van der Waals surface area contributed by atoms with Gasteiger partial charge >= 0.3 is 5.97 Å². The van der Waals surface area contributed by atoms with Crippen molar-refractivity contribution in [1.82, 2.24) is 0 Å². The normalized spacial score (nSPS) is 20.0. The lowest BCUT2D eigenvalue weighted by molar-refractivity contribution is -0.151. The lowest BCUT2D eigenvalue weighted by atomic mass is 9.87. The van der Waals surface area contributed by atoms with Gasteiger partial charge in [0.25, 0.3) is 0 Å². The summed E-state index contributed by atoms with van der Waals surface area (Å²) in [7, 11) is 1.44. The van der Waals surface area contributed by atoms with Crippen molar-refractivity contribution in [2.45, 2.75) is 97.2 Å². The quantitative estimate of drug-likeness (QED) is 0.191. The van der Waals surface area contributed by atoms with Crippen molar-refractivity contribution >= 4 is 11.8 Å². The molecule has 0 amide bonds. The summed E-state index contributed by atoms with van der Waals surface area (Å²) in [6.07, 6.45) is 14.3. The SMILES string of the molecule is CCCCC/C=C\C(=O)C1OC1CCCCCCC(C)(C)C(=O)OC. The molecule has 0 aromatic carbocycles. The Kier molecular flexibility index (Phi) is 10.0. The second-order valence-corrected chi connectivity index (χ2v) is 7.72. The van der Waals surface area contributed by atoms with Crippen molar-refractivity contribution in [3.05, 3.63) is 12.2 Å². The molecule has 0 bridgehead atoms. The molecule has 1 fully saturated rings. The third kappa shape index (κ3) is 8.66. The minimum Gasteiger partial charge on any atom is -0.469 e. The zero-order valence-electron chi connectivity index (χ0n) is 16.5. The number of allylic oxidation sites excluding steroid dienone is 1. The van der Waals surface area contributed by atoms with E-state index < -0.39 is 5.41 Å². The van der Waals surface area contributed by atoms with Crippen LogP contribution in [0.1, 0.15) is 85.0 Å². The molecule has 0 saturated carbocycles. The first kappa shape index (κ1) is 21.9. The molecular formula is C21H36O4. The smallest absolute Gasteiger partial charge is 0.311 e. The summed E-state index contributed by atoms with van der Waals surface area (Å²) in [4.78, 5) is 23.5. The lowest BCUT2D eigenvalue weighted by Crippen LogP contribution is -2.25. The van der Waals surface area contributed by atoms with Crippen LogP contribution in [0.2, 0.25) is 0 Å². The van der Waals surface area contributed by atoms with E-state index >= 15 is 0 Å². The van der Waals surface area contributed by atoms with Crippen molar-refractivity contribution in [2.24, 2.45) is 5.41 Å². The summed E-state index contributed by atoms with van der Waals surface area (Å²) >= 11 is 0. The Hall–Kier alpha value is -1.16. The first-order valence-corrected chi connectivity index (χ1v) is 9.86. The molecule has 1 rings (SSSR count). The van der Waals surface area contributed by atoms with Gasteiger partial charge < -0.3 is 9.47 Å². The van der Waals surface area contributed by atoms with Gasteiger partial charge in [-0.2, -0.15) is 0 Å². The molecule has 0 aromatic rings. The number of epoxide rings is 1. The van der Waals surface area contributed by atoms with E-state index in [4.69, 9.17) is 9.47 Å². The van der Waals surface area contributed by atoms with Gasteiger partial charge in [0.2, 0.25) is 0 Å².